The third-order valence-electron chi connectivity index (χ3n) is 3.15. The highest BCUT2D eigenvalue weighted by Gasteiger charge is 2.29. The maximum atomic E-state index is 12.4. The monoisotopic (exact) mass is 388 g/mol. The average Bonchev–Trinajstić information content (AvgIpc) is 2.46. The summed E-state index contributed by atoms with van der Waals surface area (Å²) in [7, 11) is 0. The Morgan fingerprint density at radius 2 is 1.65 bits per heavy atom. The molecule has 0 saturated carbocycles. The van der Waals surface area contributed by atoms with Crippen molar-refractivity contribution in [2.75, 3.05) is 5.32 Å². The van der Waals surface area contributed by atoms with Crippen molar-refractivity contribution in [3.63, 3.8) is 0 Å². The maximum Gasteiger partial charge on any atom is 0.416 e. The molecule has 0 radical (unpaired) electrons. The van der Waals surface area contributed by atoms with Crippen LogP contribution in [0.15, 0.2) is 48.8 Å². The van der Waals surface area contributed by atoms with Gasteiger partial charge < -0.3 is 22.3 Å². The molecular weight excluding hydrogens is 373 g/mol. The highest BCUT2D eigenvalue weighted by molar-refractivity contribution is 5.90. The number of benzene rings is 1. The van der Waals surface area contributed by atoms with Crippen LogP contribution in [0.25, 0.3) is 0 Å². The quantitative estimate of drug-likeness (QED) is 0.752. The summed E-state index contributed by atoms with van der Waals surface area (Å²) in [5.74, 6) is -0.243. The zero-order valence-electron chi connectivity index (χ0n) is 12.4. The molecule has 3 nitrogen and oxygen atoms in total. The molecule has 1 amide bonds. The molecule has 23 heavy (non-hydrogen) atoms. The predicted molar refractivity (Wildman–Crippen MR) is 76.1 cm³/mol. The zero-order chi connectivity index (χ0) is 16.2. The number of anilines is 1. The van der Waals surface area contributed by atoms with E-state index >= 15 is 0 Å². The smallest absolute Gasteiger partial charge is 0.416 e. The number of nitrogens with one attached hydrogen (secondary N) is 1. The van der Waals surface area contributed by atoms with Gasteiger partial charge in [0.1, 0.15) is 0 Å². The summed E-state index contributed by atoms with van der Waals surface area (Å²) in [6.45, 7) is 2.48. The summed E-state index contributed by atoms with van der Waals surface area (Å²) < 4.78 is 39.2. The van der Waals surface area contributed by atoms with Crippen LogP contribution in [-0.4, -0.2) is 5.91 Å². The number of rotatable bonds is 4. The Hall–Kier alpha value is -1.89. The van der Waals surface area contributed by atoms with Crippen LogP contribution >= 0.6 is 0 Å². The molecule has 0 unspecified atom stereocenters. The lowest BCUT2D eigenvalue weighted by atomic mass is 10.2. The third-order valence-corrected chi connectivity index (χ3v) is 3.15. The SMILES string of the molecule is Cc1cc[n+](CCC(=O)Nc2ccc(C(F)(F)F)cc2)cc1.[Br-]. The van der Waals surface area contributed by atoms with Gasteiger partial charge >= 0.3 is 6.18 Å². The molecule has 1 aromatic heterocycles. The fraction of sp³-hybridized carbons (Fsp3) is 0.250. The van der Waals surface area contributed by atoms with Crippen LogP contribution in [0.2, 0.25) is 0 Å². The third kappa shape index (κ3) is 6.02. The van der Waals surface area contributed by atoms with E-state index in [0.29, 0.717) is 12.2 Å². The number of halogens is 4. The van der Waals surface area contributed by atoms with Gasteiger partial charge in [-0.2, -0.15) is 13.2 Å². The molecule has 0 fully saturated rings. The summed E-state index contributed by atoms with van der Waals surface area (Å²) in [6, 6.07) is 8.27. The van der Waals surface area contributed by atoms with Crippen molar-refractivity contribution < 1.29 is 39.5 Å². The highest BCUT2D eigenvalue weighted by Crippen LogP contribution is 2.29. The van der Waals surface area contributed by atoms with Crippen LogP contribution in [0, 0.1) is 6.92 Å². The minimum Gasteiger partial charge on any atom is -1.00 e. The van der Waals surface area contributed by atoms with Crippen LogP contribution in [-0.2, 0) is 17.5 Å². The number of carbonyl (C=O) groups excluding carboxylic acids is 1. The Labute approximate surface area is 142 Å². The fourth-order valence-corrected chi connectivity index (χ4v) is 1.88. The van der Waals surface area contributed by atoms with Gasteiger partial charge in [0.05, 0.1) is 12.0 Å². The van der Waals surface area contributed by atoms with Crippen LogP contribution in [0.1, 0.15) is 17.5 Å². The first kappa shape index (κ1) is 19.2. The summed E-state index contributed by atoms with van der Waals surface area (Å²) in [4.78, 5) is 11.8. The first-order valence-electron chi connectivity index (χ1n) is 6.77. The van der Waals surface area contributed by atoms with Gasteiger partial charge in [0.15, 0.2) is 18.9 Å². The maximum absolute atomic E-state index is 12.4. The number of nitrogens with zero attached hydrogens (tertiary/aromatic N) is 1. The van der Waals surface area contributed by atoms with Crippen molar-refractivity contribution in [2.45, 2.75) is 26.1 Å². The van der Waals surface area contributed by atoms with Crippen molar-refractivity contribution in [3.8, 4) is 0 Å². The topological polar surface area (TPSA) is 33.0 Å². The molecular formula is C16H16BrF3N2O. The number of alkyl halides is 3. The lowest BCUT2D eigenvalue weighted by Crippen LogP contribution is -3.00. The van der Waals surface area contributed by atoms with Gasteiger partial charge in [-0.15, -0.1) is 0 Å². The standard InChI is InChI=1S/C16H15F3N2O.BrH/c1-12-6-9-21(10-7-12)11-8-15(22)20-14-4-2-13(3-5-14)16(17,18)19;/h2-7,9-10H,8,11H2,1H3;1H. The van der Waals surface area contributed by atoms with Crippen LogP contribution in [0.5, 0.6) is 0 Å². The van der Waals surface area contributed by atoms with E-state index in [9.17, 15) is 18.0 Å². The number of aromatic nitrogens is 1. The molecule has 1 aromatic carbocycles. The number of carbonyl (C=O) groups is 1. The van der Waals surface area contributed by atoms with E-state index in [1.807, 2.05) is 36.0 Å². The normalized spacial score (nSPS) is 10.8. The largest absolute Gasteiger partial charge is 1.00 e. The number of pyridine rings is 1. The molecule has 1 heterocycles. The van der Waals surface area contributed by atoms with Crippen molar-refractivity contribution in [3.05, 3.63) is 59.9 Å². The number of amides is 1. The fourth-order valence-electron chi connectivity index (χ4n) is 1.88. The second-order valence-corrected chi connectivity index (χ2v) is 4.99. The van der Waals surface area contributed by atoms with E-state index in [0.717, 1.165) is 17.7 Å². The molecule has 0 aliphatic heterocycles. The van der Waals surface area contributed by atoms with Crippen LogP contribution < -0.4 is 26.9 Å². The van der Waals surface area contributed by atoms with E-state index in [1.165, 1.54) is 12.1 Å². The molecule has 0 bridgehead atoms. The van der Waals surface area contributed by atoms with E-state index in [4.69, 9.17) is 0 Å². The zero-order valence-corrected chi connectivity index (χ0v) is 14.0. The summed E-state index contributed by atoms with van der Waals surface area (Å²) in [5.41, 5.74) is 0.748. The average molecular weight is 389 g/mol. The number of hydrogen-bond acceptors (Lipinski definition) is 1. The lowest BCUT2D eigenvalue weighted by molar-refractivity contribution is -0.695. The summed E-state index contributed by atoms with van der Waals surface area (Å²) in [5, 5.41) is 2.58. The van der Waals surface area contributed by atoms with Crippen LogP contribution in [0.3, 0.4) is 0 Å². The van der Waals surface area contributed by atoms with Gasteiger partial charge in [-0.1, -0.05) is 0 Å². The van der Waals surface area contributed by atoms with Gasteiger partial charge in [-0.05, 0) is 36.8 Å². The Morgan fingerprint density at radius 1 is 1.09 bits per heavy atom. The molecule has 0 aliphatic carbocycles. The van der Waals surface area contributed by atoms with Gasteiger partial charge in [-0.3, -0.25) is 4.79 Å². The Kier molecular flexibility index (Phi) is 6.75. The molecule has 124 valence electrons. The second kappa shape index (κ2) is 8.10. The molecule has 0 aliphatic rings. The Bertz CT molecular complexity index is 640. The van der Waals surface area contributed by atoms with Crippen molar-refractivity contribution >= 4 is 11.6 Å². The second-order valence-electron chi connectivity index (χ2n) is 4.99. The van der Waals surface area contributed by atoms with Crippen molar-refractivity contribution in [1.82, 2.24) is 0 Å². The van der Waals surface area contributed by atoms with Gasteiger partial charge in [-0.25, -0.2) is 4.57 Å². The lowest BCUT2D eigenvalue weighted by Gasteiger charge is -2.08. The molecule has 0 saturated heterocycles. The molecule has 2 aromatic rings. The first-order chi connectivity index (χ1) is 10.3. The highest BCUT2D eigenvalue weighted by atomic mass is 79.9. The summed E-state index contributed by atoms with van der Waals surface area (Å²) in [6.07, 6.45) is -0.374. The Morgan fingerprint density at radius 3 is 2.17 bits per heavy atom. The first-order valence-corrected chi connectivity index (χ1v) is 6.77. The van der Waals surface area contributed by atoms with Gasteiger partial charge in [0.25, 0.3) is 0 Å². The molecule has 7 heteroatoms. The van der Waals surface area contributed by atoms with Crippen molar-refractivity contribution in [2.24, 2.45) is 0 Å². The molecule has 0 spiro atoms. The minimum atomic E-state index is -4.37. The van der Waals surface area contributed by atoms with E-state index < -0.39 is 11.7 Å². The molecule has 2 rings (SSSR count). The number of hydrogen-bond donors (Lipinski definition) is 1. The van der Waals surface area contributed by atoms with E-state index in [-0.39, 0.29) is 29.3 Å². The predicted octanol–water partition coefficient (Wildman–Crippen LogP) is 0.334. The van der Waals surface area contributed by atoms with Gasteiger partial charge in [0, 0.05) is 17.8 Å². The van der Waals surface area contributed by atoms with Crippen molar-refractivity contribution in [1.29, 1.82) is 0 Å². The Balaban J connectivity index is 0.00000264. The molecule has 1 N–H and O–H groups in total. The minimum absolute atomic E-state index is 0. The number of aryl methyl sites for hydroxylation is 2. The molecule has 0 atom stereocenters. The van der Waals surface area contributed by atoms with E-state index in [1.54, 1.807) is 0 Å². The van der Waals surface area contributed by atoms with Crippen LogP contribution in [0.4, 0.5) is 18.9 Å². The summed E-state index contributed by atoms with van der Waals surface area (Å²) >= 11 is 0. The van der Waals surface area contributed by atoms with E-state index in [2.05, 4.69) is 5.32 Å². The van der Waals surface area contributed by atoms with Gasteiger partial charge in [0.2, 0.25) is 5.91 Å².